The van der Waals surface area contributed by atoms with Crippen LogP contribution in [0.5, 0.6) is 0 Å². The molecule has 72 valence electrons. The molecular formula is C11H15BrO. The number of hydrogen-bond donors (Lipinski definition) is 1. The van der Waals surface area contributed by atoms with Gasteiger partial charge < -0.3 is 5.11 Å². The quantitative estimate of drug-likeness (QED) is 0.859. The fourth-order valence-electron chi connectivity index (χ4n) is 1.36. The monoisotopic (exact) mass is 242 g/mol. The molecule has 0 radical (unpaired) electrons. The summed E-state index contributed by atoms with van der Waals surface area (Å²) < 4.78 is 1.12. The molecule has 0 spiro atoms. The van der Waals surface area contributed by atoms with Gasteiger partial charge in [0, 0.05) is 11.1 Å². The second kappa shape index (κ2) is 5.40. The predicted molar refractivity (Wildman–Crippen MR) is 58.9 cm³/mol. The van der Waals surface area contributed by atoms with E-state index in [-0.39, 0.29) is 0 Å². The summed E-state index contributed by atoms with van der Waals surface area (Å²) >= 11 is 3.41. The molecule has 1 aromatic rings. The molecule has 0 aliphatic heterocycles. The van der Waals surface area contributed by atoms with Crippen LogP contribution in [0.2, 0.25) is 0 Å². The van der Waals surface area contributed by atoms with Gasteiger partial charge in [-0.05, 0) is 36.5 Å². The summed E-state index contributed by atoms with van der Waals surface area (Å²) in [6.45, 7) is 2.49. The van der Waals surface area contributed by atoms with Gasteiger partial charge in [0.05, 0.1) is 0 Å². The van der Waals surface area contributed by atoms with Gasteiger partial charge in [-0.25, -0.2) is 0 Å². The Balaban J connectivity index is 2.55. The Morgan fingerprint density at radius 2 is 1.92 bits per heavy atom. The molecule has 0 amide bonds. The summed E-state index contributed by atoms with van der Waals surface area (Å²) in [7, 11) is 0. The van der Waals surface area contributed by atoms with Gasteiger partial charge in [0.1, 0.15) is 0 Å². The lowest BCUT2D eigenvalue weighted by atomic mass is 9.97. The van der Waals surface area contributed by atoms with Crippen LogP contribution in [0.15, 0.2) is 28.7 Å². The van der Waals surface area contributed by atoms with Crippen molar-refractivity contribution < 1.29 is 5.11 Å². The molecule has 0 aromatic heterocycles. The van der Waals surface area contributed by atoms with Gasteiger partial charge >= 0.3 is 0 Å². The van der Waals surface area contributed by atoms with Gasteiger partial charge in [-0.3, -0.25) is 0 Å². The summed E-state index contributed by atoms with van der Waals surface area (Å²) in [5, 5.41) is 8.70. The van der Waals surface area contributed by atoms with Crippen LogP contribution in [-0.2, 0) is 0 Å². The maximum atomic E-state index is 8.70. The maximum Gasteiger partial charge on any atom is 0.0431 e. The lowest BCUT2D eigenvalue weighted by molar-refractivity contribution is 0.281. The summed E-state index contributed by atoms with van der Waals surface area (Å²) in [6, 6.07) is 8.38. The van der Waals surface area contributed by atoms with E-state index >= 15 is 0 Å². The number of halogens is 1. The van der Waals surface area contributed by atoms with Crippen molar-refractivity contribution in [2.24, 2.45) is 0 Å². The van der Waals surface area contributed by atoms with E-state index in [4.69, 9.17) is 5.11 Å². The predicted octanol–water partition coefficient (Wildman–Crippen LogP) is 3.33. The van der Waals surface area contributed by atoms with E-state index in [0.717, 1.165) is 17.3 Å². The van der Waals surface area contributed by atoms with Crippen LogP contribution >= 0.6 is 15.9 Å². The summed E-state index contributed by atoms with van der Waals surface area (Å²) in [4.78, 5) is 0. The zero-order valence-electron chi connectivity index (χ0n) is 7.83. The summed E-state index contributed by atoms with van der Waals surface area (Å²) in [5.74, 6) is 0.542. The highest BCUT2D eigenvalue weighted by atomic mass is 79.9. The third kappa shape index (κ3) is 3.49. The molecule has 1 unspecified atom stereocenters. The Labute approximate surface area is 87.9 Å². The van der Waals surface area contributed by atoms with Crippen LogP contribution in [0, 0.1) is 0 Å². The second-order valence-electron chi connectivity index (χ2n) is 3.32. The van der Waals surface area contributed by atoms with Crippen molar-refractivity contribution in [3.8, 4) is 0 Å². The van der Waals surface area contributed by atoms with Gasteiger partial charge in [0.2, 0.25) is 0 Å². The molecule has 0 bridgehead atoms. The average Bonchev–Trinajstić information content (AvgIpc) is 2.15. The molecule has 1 N–H and O–H groups in total. The van der Waals surface area contributed by atoms with Crippen molar-refractivity contribution in [3.63, 3.8) is 0 Å². The second-order valence-corrected chi connectivity index (χ2v) is 4.23. The normalized spacial score (nSPS) is 12.8. The molecule has 1 nitrogen and oxygen atoms in total. The molecular weight excluding hydrogens is 228 g/mol. The van der Waals surface area contributed by atoms with Gasteiger partial charge in [-0.1, -0.05) is 35.0 Å². The first kappa shape index (κ1) is 10.7. The smallest absolute Gasteiger partial charge is 0.0431 e. The molecule has 0 aliphatic carbocycles. The van der Waals surface area contributed by atoms with Crippen LogP contribution in [-0.4, -0.2) is 11.7 Å². The molecule has 0 saturated heterocycles. The van der Waals surface area contributed by atoms with Gasteiger partial charge in [0.15, 0.2) is 0 Å². The highest BCUT2D eigenvalue weighted by Gasteiger charge is 2.03. The number of hydrogen-bond acceptors (Lipinski definition) is 1. The van der Waals surface area contributed by atoms with Crippen molar-refractivity contribution in [1.82, 2.24) is 0 Å². The number of aliphatic hydroxyl groups excluding tert-OH is 1. The van der Waals surface area contributed by atoms with Crippen molar-refractivity contribution in [2.45, 2.75) is 25.7 Å². The van der Waals surface area contributed by atoms with Gasteiger partial charge in [-0.15, -0.1) is 0 Å². The first-order valence-electron chi connectivity index (χ1n) is 4.60. The fourth-order valence-corrected chi connectivity index (χ4v) is 1.62. The van der Waals surface area contributed by atoms with Gasteiger partial charge in [0.25, 0.3) is 0 Å². The van der Waals surface area contributed by atoms with Crippen LogP contribution in [0.25, 0.3) is 0 Å². The largest absolute Gasteiger partial charge is 0.396 e. The van der Waals surface area contributed by atoms with Crippen molar-refractivity contribution in [2.75, 3.05) is 6.61 Å². The molecule has 0 fully saturated rings. The lowest BCUT2D eigenvalue weighted by Gasteiger charge is -2.10. The Hall–Kier alpha value is -0.340. The average molecular weight is 243 g/mol. The van der Waals surface area contributed by atoms with E-state index < -0.39 is 0 Å². The minimum Gasteiger partial charge on any atom is -0.396 e. The Morgan fingerprint density at radius 1 is 1.31 bits per heavy atom. The fraction of sp³-hybridized carbons (Fsp3) is 0.455. The number of benzene rings is 1. The molecule has 0 heterocycles. The van der Waals surface area contributed by atoms with E-state index in [2.05, 4.69) is 47.1 Å². The number of aliphatic hydroxyl groups is 1. The van der Waals surface area contributed by atoms with Crippen LogP contribution in [0.4, 0.5) is 0 Å². The highest BCUT2D eigenvalue weighted by Crippen LogP contribution is 2.22. The van der Waals surface area contributed by atoms with Crippen LogP contribution < -0.4 is 0 Å². The summed E-state index contributed by atoms with van der Waals surface area (Å²) in [5.41, 5.74) is 1.34. The van der Waals surface area contributed by atoms with E-state index in [1.165, 1.54) is 5.56 Å². The first-order valence-corrected chi connectivity index (χ1v) is 5.39. The molecule has 0 aliphatic rings. The topological polar surface area (TPSA) is 20.2 Å². The molecule has 1 aromatic carbocycles. The van der Waals surface area contributed by atoms with Crippen LogP contribution in [0.1, 0.15) is 31.2 Å². The van der Waals surface area contributed by atoms with Crippen LogP contribution in [0.3, 0.4) is 0 Å². The standard InChI is InChI=1S/C11H15BrO/c1-9(3-2-8-13)10-4-6-11(12)7-5-10/h4-7,9,13H,2-3,8H2,1H3. The third-order valence-electron chi connectivity index (χ3n) is 2.23. The molecule has 1 atom stereocenters. The highest BCUT2D eigenvalue weighted by molar-refractivity contribution is 9.10. The third-order valence-corrected chi connectivity index (χ3v) is 2.76. The van der Waals surface area contributed by atoms with Crippen molar-refractivity contribution in [1.29, 1.82) is 0 Å². The zero-order chi connectivity index (χ0) is 9.68. The van der Waals surface area contributed by atoms with Gasteiger partial charge in [-0.2, -0.15) is 0 Å². The van der Waals surface area contributed by atoms with Crippen molar-refractivity contribution >= 4 is 15.9 Å². The molecule has 13 heavy (non-hydrogen) atoms. The SMILES string of the molecule is CC(CCCO)c1ccc(Br)cc1. The maximum absolute atomic E-state index is 8.70. The Kier molecular flexibility index (Phi) is 4.46. The molecule has 2 heteroatoms. The zero-order valence-corrected chi connectivity index (χ0v) is 9.42. The van der Waals surface area contributed by atoms with E-state index in [1.54, 1.807) is 0 Å². The van der Waals surface area contributed by atoms with E-state index in [0.29, 0.717) is 12.5 Å². The first-order chi connectivity index (χ1) is 6.24. The lowest BCUT2D eigenvalue weighted by Crippen LogP contribution is -1.94. The number of rotatable bonds is 4. The van der Waals surface area contributed by atoms with Crippen molar-refractivity contribution in [3.05, 3.63) is 34.3 Å². The Morgan fingerprint density at radius 3 is 2.46 bits per heavy atom. The molecule has 0 saturated carbocycles. The molecule has 1 rings (SSSR count). The van der Waals surface area contributed by atoms with E-state index in [1.807, 2.05) is 0 Å². The minimum absolute atomic E-state index is 0.293. The van der Waals surface area contributed by atoms with E-state index in [9.17, 15) is 0 Å². The summed E-state index contributed by atoms with van der Waals surface area (Å²) in [6.07, 6.45) is 1.94. The Bertz CT molecular complexity index is 243. The minimum atomic E-state index is 0.293.